The molecule has 0 heterocycles. The number of rotatable bonds is 22. The number of hydrogen-bond donors (Lipinski definition) is 2. The van der Waals surface area contributed by atoms with Crippen molar-refractivity contribution >= 4 is 21.8 Å². The van der Waals surface area contributed by atoms with Crippen LogP contribution in [0.25, 0.3) is 0 Å². The van der Waals surface area contributed by atoms with Crippen LogP contribution in [0.4, 0.5) is 0 Å². The van der Waals surface area contributed by atoms with E-state index in [4.69, 9.17) is 14.6 Å². The van der Waals surface area contributed by atoms with Crippen LogP contribution in [0.5, 0.6) is 11.5 Å². The fourth-order valence-corrected chi connectivity index (χ4v) is 5.73. The maximum Gasteiger partial charge on any atom is 0.335 e. The predicted molar refractivity (Wildman–Crippen MR) is 173 cm³/mol. The van der Waals surface area contributed by atoms with Gasteiger partial charge >= 0.3 is 5.97 Å². The Hall–Kier alpha value is -3.27. The van der Waals surface area contributed by atoms with Gasteiger partial charge in [0.1, 0.15) is 0 Å². The molecule has 2 rings (SSSR count). The number of carboxylic acid groups (broad SMARTS) is 1. The van der Waals surface area contributed by atoms with Crippen LogP contribution in [0.3, 0.4) is 0 Å². The maximum absolute atomic E-state index is 13.0. The van der Waals surface area contributed by atoms with Gasteiger partial charge in [-0.05, 0) is 48.9 Å². The van der Waals surface area contributed by atoms with E-state index in [9.17, 15) is 13.2 Å². The SMILES string of the molecule is CCCCCCCCCCCCCCCCN(C)C(=NNS(=O)(=O)c1ccc(C(=O)O)cc1)c1ccc(OC)c(OC)c1. The quantitative estimate of drug-likeness (QED) is 0.0610. The normalized spacial score (nSPS) is 11.8. The number of benzene rings is 2. The second kappa shape index (κ2) is 19.8. The van der Waals surface area contributed by atoms with Gasteiger partial charge in [-0.2, -0.15) is 13.2 Å². The van der Waals surface area contributed by atoms with E-state index >= 15 is 0 Å². The Balaban J connectivity index is 1.94. The standard InChI is InChI=1S/C33H51N3O6S/c1-5-6-7-8-9-10-11-12-13-14-15-16-17-18-25-36(2)32(28-21-24-30(41-3)31(26-28)42-4)34-35-43(39,40)29-22-19-27(20-23-29)33(37)38/h19-24,26,35H,5-18,25H2,1-4H3,(H,37,38). The minimum atomic E-state index is -4.03. The molecule has 0 fully saturated rings. The van der Waals surface area contributed by atoms with Crippen molar-refractivity contribution in [2.75, 3.05) is 27.8 Å². The van der Waals surface area contributed by atoms with Gasteiger partial charge < -0.3 is 19.5 Å². The van der Waals surface area contributed by atoms with Crippen molar-refractivity contribution < 1.29 is 27.8 Å². The molecule has 10 heteroatoms. The van der Waals surface area contributed by atoms with Gasteiger partial charge in [-0.3, -0.25) is 0 Å². The topological polar surface area (TPSA) is 118 Å². The second-order valence-electron chi connectivity index (χ2n) is 10.9. The number of amidine groups is 1. The molecule has 0 aliphatic heterocycles. The van der Waals surface area contributed by atoms with Gasteiger partial charge in [-0.1, -0.05) is 90.4 Å². The fraction of sp³-hybridized carbons (Fsp3) is 0.576. The van der Waals surface area contributed by atoms with Crippen molar-refractivity contribution in [3.63, 3.8) is 0 Å². The molecule has 0 amide bonds. The summed E-state index contributed by atoms with van der Waals surface area (Å²) in [5.74, 6) is 0.362. The number of nitrogens with zero attached hydrogens (tertiary/aromatic N) is 2. The van der Waals surface area contributed by atoms with Gasteiger partial charge in [0.2, 0.25) is 0 Å². The van der Waals surface area contributed by atoms with Crippen molar-refractivity contribution in [2.24, 2.45) is 5.10 Å². The van der Waals surface area contributed by atoms with E-state index in [1.807, 2.05) is 11.9 Å². The lowest BCUT2D eigenvalue weighted by Gasteiger charge is -2.22. The summed E-state index contributed by atoms with van der Waals surface area (Å²) >= 11 is 0. The molecule has 0 bridgehead atoms. The summed E-state index contributed by atoms with van der Waals surface area (Å²) in [6.07, 6.45) is 17.9. The molecule has 0 aliphatic carbocycles. The number of aromatic carboxylic acids is 1. The van der Waals surface area contributed by atoms with Gasteiger partial charge in [0.05, 0.1) is 24.7 Å². The molecule has 43 heavy (non-hydrogen) atoms. The van der Waals surface area contributed by atoms with Crippen LogP contribution < -0.4 is 14.3 Å². The summed E-state index contributed by atoms with van der Waals surface area (Å²) in [5, 5.41) is 13.4. The summed E-state index contributed by atoms with van der Waals surface area (Å²) in [6.45, 7) is 2.95. The van der Waals surface area contributed by atoms with Gasteiger partial charge in [-0.15, -0.1) is 5.10 Å². The Morgan fingerprint density at radius 3 is 1.74 bits per heavy atom. The summed E-state index contributed by atoms with van der Waals surface area (Å²) in [6, 6.07) is 10.3. The minimum absolute atomic E-state index is 0.00127. The summed E-state index contributed by atoms with van der Waals surface area (Å²) < 4.78 is 36.7. The fourth-order valence-electron chi connectivity index (χ4n) is 4.93. The van der Waals surface area contributed by atoms with Crippen LogP contribution in [0.2, 0.25) is 0 Å². The smallest absolute Gasteiger partial charge is 0.335 e. The molecule has 2 aromatic rings. The second-order valence-corrected chi connectivity index (χ2v) is 12.6. The zero-order valence-corrected chi connectivity index (χ0v) is 27.3. The third kappa shape index (κ3) is 12.9. The summed E-state index contributed by atoms with van der Waals surface area (Å²) in [5.41, 5.74) is 0.663. The number of sulfonamides is 1. The van der Waals surface area contributed by atoms with Crippen molar-refractivity contribution in [2.45, 2.75) is 102 Å². The highest BCUT2D eigenvalue weighted by molar-refractivity contribution is 7.89. The molecular formula is C33H51N3O6S. The first-order valence-corrected chi connectivity index (χ1v) is 17.1. The highest BCUT2D eigenvalue weighted by Crippen LogP contribution is 2.28. The average Bonchev–Trinajstić information content (AvgIpc) is 3.01. The minimum Gasteiger partial charge on any atom is -0.493 e. The van der Waals surface area contributed by atoms with Gasteiger partial charge in [-0.25, -0.2) is 4.79 Å². The van der Waals surface area contributed by atoms with E-state index in [0.29, 0.717) is 29.4 Å². The number of ether oxygens (including phenoxy) is 2. The van der Waals surface area contributed by atoms with E-state index in [1.165, 1.54) is 101 Å². The number of carbonyl (C=O) groups is 1. The van der Waals surface area contributed by atoms with E-state index < -0.39 is 16.0 Å². The molecule has 0 radical (unpaired) electrons. The summed E-state index contributed by atoms with van der Waals surface area (Å²) in [7, 11) is 0.948. The highest BCUT2D eigenvalue weighted by atomic mass is 32.2. The number of methoxy groups -OCH3 is 2. The monoisotopic (exact) mass is 617 g/mol. The molecule has 0 aromatic heterocycles. The molecule has 0 spiro atoms. The summed E-state index contributed by atoms with van der Waals surface area (Å²) in [4.78, 5) is 15.3. The first-order chi connectivity index (χ1) is 20.7. The van der Waals surface area contributed by atoms with Crippen LogP contribution in [-0.2, 0) is 10.0 Å². The Morgan fingerprint density at radius 1 is 0.767 bits per heavy atom. The first-order valence-electron chi connectivity index (χ1n) is 15.6. The molecular weight excluding hydrogens is 566 g/mol. The van der Waals surface area contributed by atoms with Crippen LogP contribution >= 0.6 is 0 Å². The van der Waals surface area contributed by atoms with Crippen molar-refractivity contribution in [1.29, 1.82) is 0 Å². The van der Waals surface area contributed by atoms with E-state index in [1.54, 1.807) is 32.4 Å². The predicted octanol–water partition coefficient (Wildman–Crippen LogP) is 7.46. The number of carboxylic acids is 1. The third-order valence-corrected chi connectivity index (χ3v) is 8.76. The molecule has 0 aliphatic rings. The Kier molecular flexibility index (Phi) is 16.6. The van der Waals surface area contributed by atoms with Crippen molar-refractivity contribution in [3.05, 3.63) is 53.6 Å². The lowest BCUT2D eigenvalue weighted by molar-refractivity contribution is 0.0696. The van der Waals surface area contributed by atoms with E-state index in [0.717, 1.165) is 12.8 Å². The zero-order valence-electron chi connectivity index (χ0n) is 26.4. The highest BCUT2D eigenvalue weighted by Gasteiger charge is 2.18. The van der Waals surface area contributed by atoms with Crippen molar-refractivity contribution in [1.82, 2.24) is 9.73 Å². The number of hydrogen-bond acceptors (Lipinski definition) is 6. The lowest BCUT2D eigenvalue weighted by Crippen LogP contribution is -2.32. The van der Waals surface area contributed by atoms with Crippen LogP contribution in [0.1, 0.15) is 113 Å². The third-order valence-electron chi connectivity index (χ3n) is 7.53. The number of hydrazone groups is 1. The Bertz CT molecular complexity index is 1230. The number of nitrogens with one attached hydrogen (secondary N) is 1. The molecule has 9 nitrogen and oxygen atoms in total. The van der Waals surface area contributed by atoms with E-state index in [2.05, 4.69) is 16.9 Å². The largest absolute Gasteiger partial charge is 0.493 e. The van der Waals surface area contributed by atoms with E-state index in [-0.39, 0.29) is 10.5 Å². The lowest BCUT2D eigenvalue weighted by atomic mass is 10.0. The average molecular weight is 618 g/mol. The Labute approximate surface area is 258 Å². The van der Waals surface area contributed by atoms with Gasteiger partial charge in [0.15, 0.2) is 17.3 Å². The molecule has 2 aromatic carbocycles. The number of unbranched alkanes of at least 4 members (excludes halogenated alkanes) is 13. The van der Waals surface area contributed by atoms with Gasteiger partial charge in [0, 0.05) is 19.2 Å². The Morgan fingerprint density at radius 2 is 1.26 bits per heavy atom. The van der Waals surface area contributed by atoms with Gasteiger partial charge in [0.25, 0.3) is 10.0 Å². The molecule has 2 N–H and O–H groups in total. The molecule has 0 atom stereocenters. The molecule has 0 saturated carbocycles. The maximum atomic E-state index is 13.0. The molecule has 0 saturated heterocycles. The van der Waals surface area contributed by atoms with Crippen LogP contribution in [0, 0.1) is 0 Å². The first kappa shape index (κ1) is 35.9. The van der Waals surface area contributed by atoms with Crippen LogP contribution in [-0.4, -0.2) is 58.0 Å². The zero-order chi connectivity index (χ0) is 31.5. The van der Waals surface area contributed by atoms with Crippen LogP contribution in [0.15, 0.2) is 52.5 Å². The van der Waals surface area contributed by atoms with Crippen molar-refractivity contribution in [3.8, 4) is 11.5 Å². The molecule has 240 valence electrons. The molecule has 0 unspecified atom stereocenters.